The van der Waals surface area contributed by atoms with Gasteiger partial charge in [-0.2, -0.15) is 0 Å². The SMILES string of the molecule is CC(C)C(NC1CCN2CCCC2C1)C(=O)O. The van der Waals surface area contributed by atoms with Crippen molar-refractivity contribution in [1.82, 2.24) is 10.2 Å². The summed E-state index contributed by atoms with van der Waals surface area (Å²) in [6, 6.07) is 0.689. The highest BCUT2D eigenvalue weighted by molar-refractivity contribution is 5.73. The number of nitrogens with one attached hydrogen (secondary N) is 1. The lowest BCUT2D eigenvalue weighted by atomic mass is 9.95. The first-order valence-corrected chi connectivity index (χ1v) is 6.81. The maximum Gasteiger partial charge on any atom is 0.320 e. The molecule has 0 aromatic rings. The van der Waals surface area contributed by atoms with Gasteiger partial charge in [0.25, 0.3) is 0 Å². The van der Waals surface area contributed by atoms with E-state index in [1.165, 1.54) is 19.4 Å². The van der Waals surface area contributed by atoms with E-state index in [9.17, 15) is 9.90 Å². The lowest BCUT2D eigenvalue weighted by Crippen LogP contribution is -2.52. The van der Waals surface area contributed by atoms with Crippen molar-refractivity contribution < 1.29 is 9.90 Å². The second kappa shape index (κ2) is 5.36. The number of carbonyl (C=O) groups is 1. The standard InChI is InChI=1S/C13H24N2O2/c1-9(2)12(13(16)17)14-10-5-7-15-6-3-4-11(15)8-10/h9-12,14H,3-8H2,1-2H3,(H,16,17). The fraction of sp³-hybridized carbons (Fsp3) is 0.923. The molecule has 2 aliphatic rings. The van der Waals surface area contributed by atoms with E-state index >= 15 is 0 Å². The topological polar surface area (TPSA) is 52.6 Å². The van der Waals surface area contributed by atoms with E-state index in [4.69, 9.17) is 0 Å². The van der Waals surface area contributed by atoms with Gasteiger partial charge in [0.15, 0.2) is 0 Å². The van der Waals surface area contributed by atoms with Crippen LogP contribution < -0.4 is 5.32 Å². The number of aliphatic carboxylic acids is 1. The number of carboxylic acids is 1. The summed E-state index contributed by atoms with van der Waals surface area (Å²) >= 11 is 0. The molecule has 0 bridgehead atoms. The number of hydrogen-bond acceptors (Lipinski definition) is 3. The summed E-state index contributed by atoms with van der Waals surface area (Å²) in [6.45, 7) is 6.31. The van der Waals surface area contributed by atoms with Gasteiger partial charge in [0, 0.05) is 12.1 Å². The largest absolute Gasteiger partial charge is 0.480 e. The molecule has 0 saturated carbocycles. The van der Waals surface area contributed by atoms with Crippen molar-refractivity contribution in [3.63, 3.8) is 0 Å². The predicted octanol–water partition coefficient (Wildman–Crippen LogP) is 1.31. The van der Waals surface area contributed by atoms with Crippen molar-refractivity contribution in [2.75, 3.05) is 13.1 Å². The molecule has 0 aliphatic carbocycles. The first-order valence-electron chi connectivity index (χ1n) is 6.81. The van der Waals surface area contributed by atoms with Crippen LogP contribution in [0.1, 0.15) is 39.5 Å². The maximum absolute atomic E-state index is 11.2. The van der Waals surface area contributed by atoms with Gasteiger partial charge in [-0.3, -0.25) is 4.79 Å². The van der Waals surface area contributed by atoms with Gasteiger partial charge in [-0.1, -0.05) is 13.8 Å². The Labute approximate surface area is 103 Å². The van der Waals surface area contributed by atoms with Crippen molar-refractivity contribution in [2.45, 2.75) is 57.7 Å². The Morgan fingerprint density at radius 2 is 2.12 bits per heavy atom. The molecule has 4 heteroatoms. The molecule has 2 heterocycles. The van der Waals surface area contributed by atoms with Gasteiger partial charge in [-0.25, -0.2) is 0 Å². The fourth-order valence-electron chi connectivity index (χ4n) is 3.18. The average molecular weight is 240 g/mol. The van der Waals surface area contributed by atoms with Crippen LogP contribution in [0.15, 0.2) is 0 Å². The highest BCUT2D eigenvalue weighted by Gasteiger charge is 2.33. The number of nitrogens with zero attached hydrogens (tertiary/aromatic N) is 1. The Morgan fingerprint density at radius 1 is 1.35 bits per heavy atom. The molecule has 0 aromatic heterocycles. The molecular weight excluding hydrogens is 216 g/mol. The minimum atomic E-state index is -0.714. The van der Waals surface area contributed by atoms with Crippen LogP contribution in [0.25, 0.3) is 0 Å². The van der Waals surface area contributed by atoms with Crippen LogP contribution in [0.5, 0.6) is 0 Å². The normalized spacial score (nSPS) is 31.5. The van der Waals surface area contributed by atoms with E-state index in [0.717, 1.165) is 19.4 Å². The first-order chi connectivity index (χ1) is 8.08. The third kappa shape index (κ3) is 2.99. The summed E-state index contributed by atoms with van der Waals surface area (Å²) in [7, 11) is 0. The monoisotopic (exact) mass is 240 g/mol. The molecule has 2 fully saturated rings. The van der Waals surface area contributed by atoms with Crippen molar-refractivity contribution in [1.29, 1.82) is 0 Å². The van der Waals surface area contributed by atoms with Crippen LogP contribution in [-0.2, 0) is 4.79 Å². The van der Waals surface area contributed by atoms with Crippen LogP contribution in [0.4, 0.5) is 0 Å². The fourth-order valence-corrected chi connectivity index (χ4v) is 3.18. The van der Waals surface area contributed by atoms with Gasteiger partial charge < -0.3 is 15.3 Å². The van der Waals surface area contributed by atoms with E-state index in [1.807, 2.05) is 13.8 Å². The molecule has 0 spiro atoms. The Kier molecular flexibility index (Phi) is 4.05. The van der Waals surface area contributed by atoms with Crippen LogP contribution >= 0.6 is 0 Å². The number of rotatable bonds is 4. The quantitative estimate of drug-likeness (QED) is 0.778. The smallest absolute Gasteiger partial charge is 0.320 e. The highest BCUT2D eigenvalue weighted by atomic mass is 16.4. The summed E-state index contributed by atoms with van der Waals surface area (Å²) in [4.78, 5) is 13.7. The second-order valence-corrected chi connectivity index (χ2v) is 5.78. The van der Waals surface area contributed by atoms with E-state index in [0.29, 0.717) is 12.1 Å². The van der Waals surface area contributed by atoms with Crippen LogP contribution in [0.3, 0.4) is 0 Å². The molecule has 0 aromatic carbocycles. The summed E-state index contributed by atoms with van der Waals surface area (Å²) in [6.07, 6.45) is 4.81. The molecule has 17 heavy (non-hydrogen) atoms. The van der Waals surface area contributed by atoms with Crippen LogP contribution in [0.2, 0.25) is 0 Å². The van der Waals surface area contributed by atoms with E-state index in [-0.39, 0.29) is 5.92 Å². The van der Waals surface area contributed by atoms with Crippen molar-refractivity contribution in [2.24, 2.45) is 5.92 Å². The number of fused-ring (bicyclic) bond motifs is 1. The van der Waals surface area contributed by atoms with E-state index in [2.05, 4.69) is 10.2 Å². The van der Waals surface area contributed by atoms with Gasteiger partial charge in [0.05, 0.1) is 0 Å². The van der Waals surface area contributed by atoms with Crippen molar-refractivity contribution in [3.8, 4) is 0 Å². The molecule has 2 saturated heterocycles. The summed E-state index contributed by atoms with van der Waals surface area (Å²) in [5, 5.41) is 12.5. The zero-order valence-electron chi connectivity index (χ0n) is 10.9. The van der Waals surface area contributed by atoms with E-state index in [1.54, 1.807) is 0 Å². The third-order valence-electron chi connectivity index (χ3n) is 4.17. The first kappa shape index (κ1) is 12.8. The Bertz CT molecular complexity index is 281. The summed E-state index contributed by atoms with van der Waals surface area (Å²) in [5.74, 6) is -0.567. The Hall–Kier alpha value is -0.610. The lowest BCUT2D eigenvalue weighted by Gasteiger charge is -2.37. The maximum atomic E-state index is 11.2. The molecule has 3 unspecified atom stereocenters. The number of carboxylic acid groups (broad SMARTS) is 1. The molecule has 3 atom stereocenters. The second-order valence-electron chi connectivity index (χ2n) is 5.78. The zero-order chi connectivity index (χ0) is 12.4. The molecule has 98 valence electrons. The number of piperidine rings is 1. The van der Waals surface area contributed by atoms with E-state index < -0.39 is 12.0 Å². The van der Waals surface area contributed by atoms with Crippen molar-refractivity contribution >= 4 is 5.97 Å². The Morgan fingerprint density at radius 3 is 2.76 bits per heavy atom. The van der Waals surface area contributed by atoms with Crippen molar-refractivity contribution in [3.05, 3.63) is 0 Å². The average Bonchev–Trinajstić information content (AvgIpc) is 2.71. The Balaban J connectivity index is 1.88. The number of hydrogen-bond donors (Lipinski definition) is 2. The molecule has 2 aliphatic heterocycles. The minimum Gasteiger partial charge on any atom is -0.480 e. The highest BCUT2D eigenvalue weighted by Crippen LogP contribution is 2.27. The summed E-state index contributed by atoms with van der Waals surface area (Å²) in [5.41, 5.74) is 0. The minimum absolute atomic E-state index is 0.147. The molecular formula is C13H24N2O2. The van der Waals surface area contributed by atoms with Gasteiger partial charge in [0.2, 0.25) is 0 Å². The zero-order valence-corrected chi connectivity index (χ0v) is 10.9. The predicted molar refractivity (Wildman–Crippen MR) is 67.0 cm³/mol. The van der Waals surface area contributed by atoms with Gasteiger partial charge >= 0.3 is 5.97 Å². The van der Waals surface area contributed by atoms with Gasteiger partial charge in [0.1, 0.15) is 6.04 Å². The van der Waals surface area contributed by atoms with Crippen LogP contribution in [-0.4, -0.2) is 47.2 Å². The summed E-state index contributed by atoms with van der Waals surface area (Å²) < 4.78 is 0. The molecule has 2 rings (SSSR count). The van der Waals surface area contributed by atoms with Gasteiger partial charge in [-0.05, 0) is 44.7 Å². The lowest BCUT2D eigenvalue weighted by molar-refractivity contribution is -0.141. The molecule has 4 nitrogen and oxygen atoms in total. The molecule has 0 amide bonds. The molecule has 0 radical (unpaired) electrons. The van der Waals surface area contributed by atoms with Crippen LogP contribution in [0, 0.1) is 5.92 Å². The van der Waals surface area contributed by atoms with Gasteiger partial charge in [-0.15, -0.1) is 0 Å². The molecule has 2 N–H and O–H groups in total. The third-order valence-corrected chi connectivity index (χ3v) is 4.17.